The fourth-order valence-electron chi connectivity index (χ4n) is 2.88. The van der Waals surface area contributed by atoms with Crippen LogP contribution in [-0.2, 0) is 9.53 Å². The Labute approximate surface area is 82.7 Å². The quantitative estimate of drug-likeness (QED) is 0.596. The average molecular weight is 194 g/mol. The molecule has 2 fully saturated rings. The number of hydrogen-bond donors (Lipinski definition) is 0. The lowest BCUT2D eigenvalue weighted by atomic mass is 9.93. The van der Waals surface area contributed by atoms with Crippen molar-refractivity contribution in [2.45, 2.75) is 43.7 Å². The third kappa shape index (κ3) is 0.775. The summed E-state index contributed by atoms with van der Waals surface area (Å²) in [5.41, 5.74) is -0.237. The lowest BCUT2D eigenvalue weighted by Crippen LogP contribution is -2.34. The van der Waals surface area contributed by atoms with Gasteiger partial charge in [0.2, 0.25) is 0 Å². The van der Waals surface area contributed by atoms with Gasteiger partial charge in [-0.25, -0.2) is 4.79 Å². The van der Waals surface area contributed by atoms with E-state index in [1.54, 1.807) is 0 Å². The zero-order chi connectivity index (χ0) is 10.0. The van der Waals surface area contributed by atoms with Crippen molar-refractivity contribution in [2.75, 3.05) is 7.11 Å². The Morgan fingerprint density at radius 2 is 2.00 bits per heavy atom. The van der Waals surface area contributed by atoms with E-state index in [-0.39, 0.29) is 11.5 Å². The summed E-state index contributed by atoms with van der Waals surface area (Å²) in [5, 5.41) is 8.48. The first-order chi connectivity index (χ1) is 6.56. The molecule has 0 N–H and O–H groups in total. The molecule has 1 heterocycles. The molecule has 0 aromatic carbocycles. The van der Waals surface area contributed by atoms with Gasteiger partial charge < -0.3 is 4.74 Å². The molecule has 0 unspecified atom stereocenters. The normalized spacial score (nSPS) is 45.9. The van der Waals surface area contributed by atoms with Crippen molar-refractivity contribution in [3.63, 3.8) is 0 Å². The Morgan fingerprint density at radius 1 is 1.29 bits per heavy atom. The van der Waals surface area contributed by atoms with Crippen molar-refractivity contribution < 1.29 is 9.53 Å². The predicted molar refractivity (Wildman–Crippen MR) is 48.9 cm³/mol. The molecule has 3 rings (SSSR count). The van der Waals surface area contributed by atoms with Crippen LogP contribution in [0.2, 0.25) is 0 Å². The molecule has 76 valence electrons. The summed E-state index contributed by atoms with van der Waals surface area (Å²) < 4.78 is 4.75. The summed E-state index contributed by atoms with van der Waals surface area (Å²) in [6, 6.07) is 0. The summed E-state index contributed by atoms with van der Waals surface area (Å²) in [7, 11) is 1.41. The molecule has 3 aliphatic rings. The largest absolute Gasteiger partial charge is 0.467 e. The molecule has 14 heavy (non-hydrogen) atoms. The van der Waals surface area contributed by atoms with Gasteiger partial charge in [-0.1, -0.05) is 0 Å². The van der Waals surface area contributed by atoms with Gasteiger partial charge in [0.1, 0.15) is 0 Å². The number of methoxy groups -OCH3 is 1. The van der Waals surface area contributed by atoms with Gasteiger partial charge in [-0.2, -0.15) is 10.2 Å². The molecule has 2 saturated carbocycles. The van der Waals surface area contributed by atoms with Crippen molar-refractivity contribution in [1.29, 1.82) is 0 Å². The van der Waals surface area contributed by atoms with Gasteiger partial charge in [0.05, 0.1) is 12.6 Å². The van der Waals surface area contributed by atoms with E-state index in [2.05, 4.69) is 10.2 Å². The zero-order valence-electron chi connectivity index (χ0n) is 8.54. The Hall–Kier alpha value is -0.930. The van der Waals surface area contributed by atoms with Gasteiger partial charge >= 0.3 is 5.97 Å². The van der Waals surface area contributed by atoms with Crippen molar-refractivity contribution in [3.8, 4) is 0 Å². The third-order valence-corrected chi connectivity index (χ3v) is 4.07. The molecule has 0 bridgehead atoms. The van der Waals surface area contributed by atoms with E-state index in [1.807, 2.05) is 6.92 Å². The van der Waals surface area contributed by atoms with Gasteiger partial charge in [-0.15, -0.1) is 0 Å². The van der Waals surface area contributed by atoms with E-state index < -0.39 is 5.54 Å². The van der Waals surface area contributed by atoms with Crippen molar-refractivity contribution in [1.82, 2.24) is 0 Å². The lowest BCUT2D eigenvalue weighted by Gasteiger charge is -2.16. The number of carbonyl (C=O) groups excluding carboxylic acids is 1. The number of carbonyl (C=O) groups is 1. The lowest BCUT2D eigenvalue weighted by molar-refractivity contribution is -0.146. The minimum absolute atomic E-state index is 0.0237. The van der Waals surface area contributed by atoms with Crippen LogP contribution >= 0.6 is 0 Å². The Bertz CT molecular complexity index is 348. The number of fused-ring (bicyclic) bond motifs is 1. The van der Waals surface area contributed by atoms with E-state index in [1.165, 1.54) is 20.0 Å². The molecule has 2 atom stereocenters. The van der Waals surface area contributed by atoms with Crippen LogP contribution in [0.25, 0.3) is 0 Å². The van der Waals surface area contributed by atoms with Crippen LogP contribution in [0.3, 0.4) is 0 Å². The first-order valence-corrected chi connectivity index (χ1v) is 5.09. The summed E-state index contributed by atoms with van der Waals surface area (Å²) >= 11 is 0. The van der Waals surface area contributed by atoms with E-state index in [4.69, 9.17) is 4.74 Å². The van der Waals surface area contributed by atoms with E-state index >= 15 is 0 Å². The second-order valence-electron chi connectivity index (χ2n) is 5.13. The molecule has 2 aliphatic carbocycles. The standard InChI is InChI=1S/C10H14N2O2/c1-8(7(13)14-2)5-10(12-11-8)6-9(10)3-4-9/h3-6H2,1-2H3/t8-,10-/m0/s1. The minimum Gasteiger partial charge on any atom is -0.467 e. The van der Waals surface area contributed by atoms with Crippen LogP contribution in [-0.4, -0.2) is 24.2 Å². The van der Waals surface area contributed by atoms with Crippen LogP contribution in [0.1, 0.15) is 32.6 Å². The highest BCUT2D eigenvalue weighted by Gasteiger charge is 2.78. The van der Waals surface area contributed by atoms with Crippen LogP contribution in [0.4, 0.5) is 0 Å². The second kappa shape index (κ2) is 2.02. The zero-order valence-corrected chi connectivity index (χ0v) is 8.54. The highest BCUT2D eigenvalue weighted by atomic mass is 16.5. The Kier molecular flexibility index (Phi) is 1.21. The van der Waals surface area contributed by atoms with Crippen molar-refractivity contribution >= 4 is 5.97 Å². The molecule has 0 radical (unpaired) electrons. The van der Waals surface area contributed by atoms with Crippen molar-refractivity contribution in [2.24, 2.45) is 15.6 Å². The smallest absolute Gasteiger partial charge is 0.335 e. The molecule has 0 saturated heterocycles. The van der Waals surface area contributed by atoms with Crippen LogP contribution in [0.15, 0.2) is 10.2 Å². The number of rotatable bonds is 1. The van der Waals surface area contributed by atoms with Crippen molar-refractivity contribution in [3.05, 3.63) is 0 Å². The molecule has 4 nitrogen and oxygen atoms in total. The Balaban J connectivity index is 1.83. The number of esters is 1. The molecule has 2 spiro atoms. The summed E-state index contributed by atoms with van der Waals surface area (Å²) in [6.45, 7) is 1.82. The van der Waals surface area contributed by atoms with E-state index in [0.717, 1.165) is 12.8 Å². The molecule has 4 heteroatoms. The number of hydrogen-bond acceptors (Lipinski definition) is 4. The fraction of sp³-hybridized carbons (Fsp3) is 0.900. The van der Waals surface area contributed by atoms with Gasteiger partial charge in [0.25, 0.3) is 0 Å². The highest BCUT2D eigenvalue weighted by molar-refractivity contribution is 5.81. The monoisotopic (exact) mass is 194 g/mol. The summed E-state index contributed by atoms with van der Waals surface area (Å²) in [6.07, 6.45) is 4.43. The molecule has 0 aromatic heterocycles. The first-order valence-electron chi connectivity index (χ1n) is 5.09. The van der Waals surface area contributed by atoms with Gasteiger partial charge in [-0.05, 0) is 31.6 Å². The van der Waals surface area contributed by atoms with Crippen LogP contribution in [0, 0.1) is 5.41 Å². The SMILES string of the molecule is COC(=O)[C@]1(C)C[C@@]2(CC23CC3)N=N1. The molecule has 0 aromatic rings. The topological polar surface area (TPSA) is 51.0 Å². The van der Waals surface area contributed by atoms with Gasteiger partial charge in [-0.3, -0.25) is 0 Å². The molecule has 0 amide bonds. The summed E-state index contributed by atoms with van der Waals surface area (Å²) in [4.78, 5) is 11.5. The number of nitrogens with zero attached hydrogens (tertiary/aromatic N) is 2. The minimum atomic E-state index is -0.708. The maximum atomic E-state index is 11.5. The first kappa shape index (κ1) is 8.38. The maximum Gasteiger partial charge on any atom is 0.335 e. The van der Waals surface area contributed by atoms with Crippen LogP contribution < -0.4 is 0 Å². The number of ether oxygens (including phenoxy) is 1. The molecule has 1 aliphatic heterocycles. The number of azo groups is 1. The fourth-order valence-corrected chi connectivity index (χ4v) is 2.88. The van der Waals surface area contributed by atoms with Gasteiger partial charge in [0, 0.05) is 6.42 Å². The molecular formula is C10H14N2O2. The molecular weight excluding hydrogens is 180 g/mol. The van der Waals surface area contributed by atoms with E-state index in [9.17, 15) is 4.79 Å². The second-order valence-corrected chi connectivity index (χ2v) is 5.13. The Morgan fingerprint density at radius 3 is 2.50 bits per heavy atom. The predicted octanol–water partition coefficient (Wildman–Crippen LogP) is 1.70. The maximum absolute atomic E-state index is 11.5. The summed E-state index contributed by atoms with van der Waals surface area (Å²) in [5.74, 6) is -0.249. The average Bonchev–Trinajstić information content (AvgIpc) is 3.01. The van der Waals surface area contributed by atoms with Gasteiger partial charge in [0.15, 0.2) is 5.54 Å². The highest BCUT2D eigenvalue weighted by Crippen LogP contribution is 2.78. The van der Waals surface area contributed by atoms with Crippen LogP contribution in [0.5, 0.6) is 0 Å². The third-order valence-electron chi connectivity index (χ3n) is 4.07. The van der Waals surface area contributed by atoms with E-state index in [0.29, 0.717) is 5.41 Å².